The second-order valence-corrected chi connectivity index (χ2v) is 14.3. The first-order chi connectivity index (χ1) is 28.1. The van der Waals surface area contributed by atoms with E-state index in [0.717, 1.165) is 43.7 Å². The average Bonchev–Trinajstić information content (AvgIpc) is 3.93. The highest BCUT2D eigenvalue weighted by atomic mass is 16.3. The van der Waals surface area contributed by atoms with Gasteiger partial charge in [-0.25, -0.2) is 9.98 Å². The molecule has 5 nitrogen and oxygen atoms in total. The SMILES string of the molecule is [B]c1c(C(C)=NC(=NC(=C)c2ccccc2)c2ccc3c(c2)oc2ccccc23)c([B])c2oc3c([B])c(-n4c5ccccc5c5ccccc54)c([B])c([B])c3c2c1[B]. The molecule has 0 saturated carbocycles. The maximum atomic E-state index is 7.03. The maximum absolute atomic E-state index is 7.03. The molecule has 12 radical (unpaired) electrons. The summed E-state index contributed by atoms with van der Waals surface area (Å²) in [5.74, 6) is 0.355. The van der Waals surface area contributed by atoms with Gasteiger partial charge in [0.25, 0.3) is 0 Å². The number of nitrogens with zero attached hydrogens (tertiary/aromatic N) is 3. The van der Waals surface area contributed by atoms with Crippen molar-refractivity contribution in [2.75, 3.05) is 0 Å². The third-order valence-electron chi connectivity index (χ3n) is 11.0. The van der Waals surface area contributed by atoms with Crippen molar-refractivity contribution in [3.05, 3.63) is 145 Å². The minimum absolute atomic E-state index is 0.186. The third-order valence-corrected chi connectivity index (χ3v) is 11.0. The number of aliphatic imine (C=N–C) groups is 2. The van der Waals surface area contributed by atoms with Gasteiger partial charge in [-0.15, -0.1) is 0 Å². The molecule has 0 unspecified atom stereocenters. The van der Waals surface area contributed by atoms with Crippen molar-refractivity contribution in [2.24, 2.45) is 9.98 Å². The number of rotatable bonds is 5. The number of benzene rings is 7. The van der Waals surface area contributed by atoms with E-state index >= 15 is 0 Å². The summed E-state index contributed by atoms with van der Waals surface area (Å²) in [6, 6.07) is 39.5. The average molecular weight is 729 g/mol. The molecule has 10 rings (SSSR count). The Hall–Kier alpha value is -6.59. The second-order valence-electron chi connectivity index (χ2n) is 14.3. The molecule has 0 aliphatic heterocycles. The molecule has 0 aliphatic carbocycles. The van der Waals surface area contributed by atoms with Gasteiger partial charge in [-0.2, -0.15) is 0 Å². The Balaban J connectivity index is 1.17. The van der Waals surface area contributed by atoms with E-state index in [-0.39, 0.29) is 43.9 Å². The zero-order valence-electron chi connectivity index (χ0n) is 31.4. The largest absolute Gasteiger partial charge is 0.457 e. The summed E-state index contributed by atoms with van der Waals surface area (Å²) in [4.78, 5) is 10.00. The van der Waals surface area contributed by atoms with Crippen LogP contribution in [0.3, 0.4) is 0 Å². The van der Waals surface area contributed by atoms with Gasteiger partial charge < -0.3 is 13.4 Å². The molecule has 10 aromatic rings. The Morgan fingerprint density at radius 1 is 0.517 bits per heavy atom. The first kappa shape index (κ1) is 35.8. The molecule has 0 aliphatic rings. The summed E-state index contributed by atoms with van der Waals surface area (Å²) < 4.78 is 14.8. The van der Waals surface area contributed by atoms with Crippen LogP contribution in [0.1, 0.15) is 23.6 Å². The van der Waals surface area contributed by atoms with Crippen molar-refractivity contribution < 1.29 is 8.83 Å². The second kappa shape index (κ2) is 13.5. The fourth-order valence-corrected chi connectivity index (χ4v) is 8.22. The fraction of sp³-hybridized carbons (Fsp3) is 0.0213. The number of amidine groups is 1. The molecule has 0 saturated heterocycles. The van der Waals surface area contributed by atoms with E-state index in [1.807, 2.05) is 114 Å². The Morgan fingerprint density at radius 2 is 1.09 bits per heavy atom. The monoisotopic (exact) mass is 729 g/mol. The molecule has 0 atom stereocenters. The van der Waals surface area contributed by atoms with Crippen LogP contribution >= 0.6 is 0 Å². The van der Waals surface area contributed by atoms with Crippen LogP contribution in [0.2, 0.25) is 0 Å². The summed E-state index contributed by atoms with van der Waals surface area (Å²) in [6.45, 7) is 6.05. The molecule has 3 aromatic heterocycles. The summed E-state index contributed by atoms with van der Waals surface area (Å²) in [5.41, 5.74) is 8.47. The number of aromatic nitrogens is 1. The molecule has 0 amide bonds. The van der Waals surface area contributed by atoms with E-state index in [2.05, 4.69) is 18.7 Å². The van der Waals surface area contributed by atoms with E-state index in [4.69, 9.17) is 65.9 Å². The normalized spacial score (nSPS) is 12.6. The van der Waals surface area contributed by atoms with Gasteiger partial charge in [0.1, 0.15) is 69.4 Å². The summed E-state index contributed by atoms with van der Waals surface area (Å²) in [6.07, 6.45) is 0. The van der Waals surface area contributed by atoms with Gasteiger partial charge in [-0.05, 0) is 59.3 Å². The van der Waals surface area contributed by atoms with Gasteiger partial charge >= 0.3 is 0 Å². The van der Waals surface area contributed by atoms with Crippen LogP contribution in [0.15, 0.2) is 147 Å². The molecule has 11 heteroatoms. The van der Waals surface area contributed by atoms with Crippen molar-refractivity contribution in [2.45, 2.75) is 6.92 Å². The van der Waals surface area contributed by atoms with Gasteiger partial charge in [0.2, 0.25) is 0 Å². The Kier molecular flexibility index (Phi) is 8.34. The van der Waals surface area contributed by atoms with Gasteiger partial charge in [0.15, 0.2) is 5.84 Å². The van der Waals surface area contributed by atoms with E-state index < -0.39 is 0 Å². The molecule has 7 aromatic carbocycles. The van der Waals surface area contributed by atoms with Crippen LogP contribution in [0.25, 0.3) is 77.1 Å². The minimum Gasteiger partial charge on any atom is -0.457 e. The smallest absolute Gasteiger partial charge is 0.160 e. The molecular weight excluding hydrogens is 703 g/mol. The van der Waals surface area contributed by atoms with E-state index in [0.29, 0.717) is 50.4 Å². The van der Waals surface area contributed by atoms with Gasteiger partial charge in [0.05, 0.1) is 16.7 Å². The molecular formula is C47H25B6N3O2. The molecule has 0 bridgehead atoms. The van der Waals surface area contributed by atoms with Gasteiger partial charge in [-0.3, -0.25) is 0 Å². The topological polar surface area (TPSA) is 55.9 Å². The number of para-hydroxylation sites is 3. The number of fused-ring (bicyclic) bond motifs is 9. The zero-order valence-corrected chi connectivity index (χ0v) is 31.4. The minimum atomic E-state index is 0.186. The first-order valence-corrected chi connectivity index (χ1v) is 18.6. The number of furan rings is 2. The lowest BCUT2D eigenvalue weighted by Crippen LogP contribution is -2.39. The number of hydrogen-bond donors (Lipinski definition) is 0. The van der Waals surface area contributed by atoms with Crippen LogP contribution < -0.4 is 32.8 Å². The summed E-state index contributed by atoms with van der Waals surface area (Å²) in [7, 11) is 41.6. The van der Waals surface area contributed by atoms with Gasteiger partial charge in [0, 0.05) is 49.3 Å². The molecule has 0 fully saturated rings. The predicted octanol–water partition coefficient (Wildman–Crippen LogP) is 5.27. The predicted molar refractivity (Wildman–Crippen MR) is 248 cm³/mol. The lowest BCUT2D eigenvalue weighted by molar-refractivity contribution is 0.669. The maximum Gasteiger partial charge on any atom is 0.160 e. The molecule has 58 heavy (non-hydrogen) atoms. The Morgan fingerprint density at radius 3 is 1.78 bits per heavy atom. The molecule has 3 heterocycles. The Labute approximate surface area is 342 Å². The third kappa shape index (κ3) is 5.33. The highest BCUT2D eigenvalue weighted by Gasteiger charge is 2.25. The van der Waals surface area contributed by atoms with Crippen molar-refractivity contribution >= 4 is 163 Å². The summed E-state index contributed by atoms with van der Waals surface area (Å²) >= 11 is 0. The molecule has 258 valence electrons. The van der Waals surface area contributed by atoms with Crippen LogP contribution in [-0.2, 0) is 0 Å². The Bertz CT molecular complexity index is 3400. The molecule has 0 spiro atoms. The molecule has 0 N–H and O–H groups in total. The van der Waals surface area contributed by atoms with Crippen LogP contribution in [0, 0.1) is 0 Å². The quantitative estimate of drug-likeness (QED) is 0.138. The van der Waals surface area contributed by atoms with Crippen molar-refractivity contribution in [3.63, 3.8) is 0 Å². The first-order valence-electron chi connectivity index (χ1n) is 18.6. The van der Waals surface area contributed by atoms with Crippen molar-refractivity contribution in [3.8, 4) is 5.69 Å². The van der Waals surface area contributed by atoms with E-state index in [1.165, 1.54) is 0 Å². The van der Waals surface area contributed by atoms with E-state index in [9.17, 15) is 0 Å². The van der Waals surface area contributed by atoms with Gasteiger partial charge in [-0.1, -0.05) is 119 Å². The van der Waals surface area contributed by atoms with Crippen molar-refractivity contribution in [1.29, 1.82) is 0 Å². The zero-order chi connectivity index (χ0) is 40.0. The lowest BCUT2D eigenvalue weighted by Gasteiger charge is -2.19. The van der Waals surface area contributed by atoms with Crippen LogP contribution in [0.4, 0.5) is 0 Å². The fourth-order valence-electron chi connectivity index (χ4n) is 8.22. The lowest BCUT2D eigenvalue weighted by atomic mass is 9.67. The highest BCUT2D eigenvalue weighted by Crippen LogP contribution is 2.33. The van der Waals surface area contributed by atoms with Crippen LogP contribution in [0.5, 0.6) is 0 Å². The number of hydrogen-bond acceptors (Lipinski definition) is 3. The summed E-state index contributed by atoms with van der Waals surface area (Å²) in [5, 5.41) is 4.89. The van der Waals surface area contributed by atoms with Crippen molar-refractivity contribution in [1.82, 2.24) is 4.57 Å². The standard InChI is InChI=1S/C47H25B6N3O2/c1-23(25-12-4-3-5-13-25)54-47(26-20-21-30-29-16-8-11-19-33(29)57-34(30)22-26)55-24(2)35-38(48)39(49)36-37-40(50)42(52)44(43(53)46(37)58-45(36)41(35)51)56-31-17-9-6-14-27(31)28-15-7-10-18-32(28)56/h3-22H,1H2,2H3. The van der Waals surface area contributed by atoms with Crippen LogP contribution in [-0.4, -0.2) is 63.2 Å². The van der Waals surface area contributed by atoms with E-state index in [1.54, 1.807) is 6.92 Å². The highest BCUT2D eigenvalue weighted by molar-refractivity contribution is 6.65.